The molecule has 2 aromatic heterocycles. The Morgan fingerprint density at radius 3 is 2.55 bits per heavy atom. The molecule has 2 aromatic carbocycles. The van der Waals surface area contributed by atoms with Crippen molar-refractivity contribution in [1.82, 2.24) is 15.0 Å². The maximum atomic E-state index is 13.6. The number of hydrogen-bond acceptors (Lipinski definition) is 7. The highest BCUT2D eigenvalue weighted by atomic mass is 32.1. The Bertz CT molecular complexity index is 1200. The molecule has 0 spiro atoms. The largest absolute Gasteiger partial charge is 0.492 e. The summed E-state index contributed by atoms with van der Waals surface area (Å²) < 4.78 is 12.2. The quantitative estimate of drug-likeness (QED) is 0.316. The first kappa shape index (κ1) is 22.9. The Kier molecular flexibility index (Phi) is 7.36. The van der Waals surface area contributed by atoms with E-state index in [0.29, 0.717) is 24.0 Å². The summed E-state index contributed by atoms with van der Waals surface area (Å²) in [6, 6.07) is 17.2. The van der Waals surface area contributed by atoms with Crippen molar-refractivity contribution in [1.29, 1.82) is 0 Å². The molecule has 2 heterocycles. The molecule has 0 saturated carbocycles. The lowest BCUT2D eigenvalue weighted by atomic mass is 10.1. The van der Waals surface area contributed by atoms with Crippen molar-refractivity contribution in [2.45, 2.75) is 20.8 Å². The fraction of sp³-hybridized carbons (Fsp3) is 0.320. The zero-order valence-electron chi connectivity index (χ0n) is 19.2. The number of carbonyl (C=O) groups is 1. The molecule has 7 nitrogen and oxygen atoms in total. The van der Waals surface area contributed by atoms with Crippen LogP contribution in [0.2, 0.25) is 0 Å². The molecule has 0 saturated heterocycles. The maximum Gasteiger partial charge on any atom is 0.282 e. The number of likely N-dealkylation sites (N-methyl/N-ethyl adjacent to an activating group) is 1. The molecule has 0 aliphatic carbocycles. The number of anilines is 1. The van der Waals surface area contributed by atoms with Crippen LogP contribution in [0.5, 0.6) is 5.75 Å². The fourth-order valence-corrected chi connectivity index (χ4v) is 4.62. The van der Waals surface area contributed by atoms with Gasteiger partial charge in [0.2, 0.25) is 0 Å². The van der Waals surface area contributed by atoms with E-state index in [2.05, 4.69) is 23.9 Å². The molecule has 0 atom stereocenters. The van der Waals surface area contributed by atoms with Crippen molar-refractivity contribution in [2.75, 3.05) is 37.7 Å². The van der Waals surface area contributed by atoms with Crippen LogP contribution in [0.15, 0.2) is 59.1 Å². The predicted octanol–water partition coefficient (Wildman–Crippen LogP) is 5.34. The van der Waals surface area contributed by atoms with Gasteiger partial charge in [0.15, 0.2) is 16.6 Å². The lowest BCUT2D eigenvalue weighted by molar-refractivity contribution is 0.0975. The summed E-state index contributed by atoms with van der Waals surface area (Å²) >= 11 is 1.48. The average Bonchev–Trinajstić information content (AvgIpc) is 3.51. The molecule has 0 unspecified atom stereocenters. The summed E-state index contributed by atoms with van der Waals surface area (Å²) in [6.07, 6.45) is 0. The van der Waals surface area contributed by atoms with E-state index < -0.39 is 0 Å². The third-order valence-electron chi connectivity index (χ3n) is 5.47. The number of fused-ring (bicyclic) bond motifs is 1. The predicted molar refractivity (Wildman–Crippen MR) is 132 cm³/mol. The van der Waals surface area contributed by atoms with Crippen LogP contribution in [0.1, 0.15) is 31.3 Å². The molecule has 0 N–H and O–H groups in total. The van der Waals surface area contributed by atoms with Gasteiger partial charge in [0.25, 0.3) is 5.91 Å². The summed E-state index contributed by atoms with van der Waals surface area (Å²) in [5.74, 6) is 1.05. The van der Waals surface area contributed by atoms with E-state index >= 15 is 0 Å². The highest BCUT2D eigenvalue weighted by Gasteiger charge is 2.25. The topological polar surface area (TPSA) is 71.7 Å². The molecule has 1 amide bonds. The monoisotopic (exact) mass is 464 g/mol. The Labute approximate surface area is 197 Å². The Morgan fingerprint density at radius 2 is 1.82 bits per heavy atom. The molecule has 33 heavy (non-hydrogen) atoms. The van der Waals surface area contributed by atoms with Crippen molar-refractivity contribution in [2.24, 2.45) is 0 Å². The summed E-state index contributed by atoms with van der Waals surface area (Å²) in [5, 5.41) is 4.70. The van der Waals surface area contributed by atoms with Crippen LogP contribution in [-0.4, -0.2) is 53.7 Å². The van der Waals surface area contributed by atoms with E-state index in [9.17, 15) is 4.79 Å². The van der Waals surface area contributed by atoms with E-state index in [0.717, 1.165) is 41.2 Å². The number of ether oxygens (including phenoxy) is 1. The average molecular weight is 465 g/mol. The normalized spacial score (nSPS) is 11.3. The first-order valence-corrected chi connectivity index (χ1v) is 12.0. The van der Waals surface area contributed by atoms with Crippen molar-refractivity contribution >= 4 is 32.6 Å². The Balaban J connectivity index is 1.68. The molecule has 0 fully saturated rings. The summed E-state index contributed by atoms with van der Waals surface area (Å²) in [5.41, 5.74) is 1.91. The van der Waals surface area contributed by atoms with Gasteiger partial charge in [-0.05, 0) is 32.1 Å². The van der Waals surface area contributed by atoms with Gasteiger partial charge >= 0.3 is 0 Å². The van der Waals surface area contributed by atoms with Gasteiger partial charge in [-0.3, -0.25) is 9.69 Å². The van der Waals surface area contributed by atoms with Gasteiger partial charge in [0.1, 0.15) is 11.3 Å². The van der Waals surface area contributed by atoms with Gasteiger partial charge in [-0.25, -0.2) is 4.98 Å². The van der Waals surface area contributed by atoms with Gasteiger partial charge in [0.05, 0.1) is 11.3 Å². The number of thiazole rings is 1. The maximum absolute atomic E-state index is 13.6. The van der Waals surface area contributed by atoms with Gasteiger partial charge in [-0.2, -0.15) is 0 Å². The molecular weight excluding hydrogens is 436 g/mol. The lowest BCUT2D eigenvalue weighted by Gasteiger charge is -2.24. The number of aromatic nitrogens is 2. The minimum atomic E-state index is -0.231. The van der Waals surface area contributed by atoms with Crippen LogP contribution in [0, 0.1) is 0 Å². The Morgan fingerprint density at radius 1 is 1.03 bits per heavy atom. The van der Waals surface area contributed by atoms with Crippen LogP contribution in [0.4, 0.5) is 5.13 Å². The number of para-hydroxylation sites is 1. The van der Waals surface area contributed by atoms with Crippen LogP contribution >= 0.6 is 11.3 Å². The molecular formula is C25H28N4O3S. The number of amides is 1. The van der Waals surface area contributed by atoms with E-state index in [4.69, 9.17) is 14.2 Å². The second kappa shape index (κ2) is 10.6. The van der Waals surface area contributed by atoms with Crippen molar-refractivity contribution in [3.05, 3.63) is 60.3 Å². The first-order valence-electron chi connectivity index (χ1n) is 11.2. The Hall–Kier alpha value is -3.23. The molecule has 4 aromatic rings. The molecule has 0 radical (unpaired) electrons. The van der Waals surface area contributed by atoms with Crippen LogP contribution in [0.25, 0.3) is 21.5 Å². The second-order valence-corrected chi connectivity index (χ2v) is 8.47. The number of carbonyl (C=O) groups excluding carboxylic acids is 1. The summed E-state index contributed by atoms with van der Waals surface area (Å²) in [6.45, 7) is 9.79. The van der Waals surface area contributed by atoms with E-state index in [1.54, 1.807) is 11.0 Å². The van der Waals surface area contributed by atoms with Crippen molar-refractivity contribution < 1.29 is 14.1 Å². The highest BCUT2D eigenvalue weighted by Crippen LogP contribution is 2.35. The molecule has 0 aliphatic rings. The van der Waals surface area contributed by atoms with E-state index in [1.165, 1.54) is 11.3 Å². The standard InChI is InChI=1S/C25H28N4O3S/c1-4-28(5-2)15-16-29(25-26-23-20(31-6-3)13-10-14-22(23)33-25)24(30)19-17-21(32-27-19)18-11-8-7-9-12-18/h7-14,17H,4-6,15-16H2,1-3H3. The molecule has 4 rings (SSSR count). The second-order valence-electron chi connectivity index (χ2n) is 7.46. The van der Waals surface area contributed by atoms with Gasteiger partial charge in [0, 0.05) is 24.7 Å². The van der Waals surface area contributed by atoms with Crippen molar-refractivity contribution in [3.8, 4) is 17.1 Å². The first-order chi connectivity index (χ1) is 16.1. The summed E-state index contributed by atoms with van der Waals surface area (Å²) in [7, 11) is 0. The number of benzene rings is 2. The lowest BCUT2D eigenvalue weighted by Crippen LogP contribution is -2.39. The van der Waals surface area contributed by atoms with Crippen molar-refractivity contribution in [3.63, 3.8) is 0 Å². The smallest absolute Gasteiger partial charge is 0.282 e. The van der Waals surface area contributed by atoms with Crippen LogP contribution < -0.4 is 9.64 Å². The summed E-state index contributed by atoms with van der Waals surface area (Å²) in [4.78, 5) is 22.4. The molecule has 0 bridgehead atoms. The van der Waals surface area contributed by atoms with Crippen LogP contribution in [0.3, 0.4) is 0 Å². The van der Waals surface area contributed by atoms with E-state index in [-0.39, 0.29) is 11.6 Å². The number of nitrogens with zero attached hydrogens (tertiary/aromatic N) is 4. The molecule has 8 heteroatoms. The number of hydrogen-bond donors (Lipinski definition) is 0. The minimum absolute atomic E-state index is 0.231. The zero-order valence-corrected chi connectivity index (χ0v) is 20.0. The zero-order chi connectivity index (χ0) is 23.2. The van der Waals surface area contributed by atoms with Gasteiger partial charge in [-0.1, -0.05) is 66.7 Å². The highest BCUT2D eigenvalue weighted by molar-refractivity contribution is 7.22. The van der Waals surface area contributed by atoms with Gasteiger partial charge < -0.3 is 14.2 Å². The third-order valence-corrected chi connectivity index (χ3v) is 6.51. The van der Waals surface area contributed by atoms with Gasteiger partial charge in [-0.15, -0.1) is 0 Å². The molecule has 0 aliphatic heterocycles. The number of rotatable bonds is 10. The van der Waals surface area contributed by atoms with E-state index in [1.807, 2.05) is 55.5 Å². The molecule has 172 valence electrons. The SMILES string of the molecule is CCOc1cccc2sc(N(CCN(CC)CC)C(=O)c3cc(-c4ccccc4)on3)nc12. The van der Waals surface area contributed by atoms with Crippen LogP contribution in [-0.2, 0) is 0 Å². The third kappa shape index (κ3) is 5.07. The minimum Gasteiger partial charge on any atom is -0.492 e. The fourth-order valence-electron chi connectivity index (χ4n) is 3.62.